The number of halogens is 1. The van der Waals surface area contributed by atoms with Crippen LogP contribution in [0.25, 0.3) is 10.9 Å². The first-order valence-corrected chi connectivity index (χ1v) is 8.01. The van der Waals surface area contributed by atoms with Crippen LogP contribution >= 0.6 is 15.9 Å². The summed E-state index contributed by atoms with van der Waals surface area (Å²) in [5.41, 5.74) is 7.68. The summed E-state index contributed by atoms with van der Waals surface area (Å²) in [6.07, 6.45) is 4.85. The van der Waals surface area contributed by atoms with Crippen LogP contribution in [0.4, 0.5) is 0 Å². The van der Waals surface area contributed by atoms with Crippen LogP contribution in [0.2, 0.25) is 0 Å². The molecule has 1 atom stereocenters. The van der Waals surface area contributed by atoms with Crippen molar-refractivity contribution in [3.8, 4) is 0 Å². The molecule has 0 spiro atoms. The molecule has 1 fully saturated rings. The largest absolute Gasteiger partial charge is 0.368 e. The number of amides is 1. The normalized spacial score (nSPS) is 19.8. The lowest BCUT2D eigenvalue weighted by molar-refractivity contribution is -0.124. The summed E-state index contributed by atoms with van der Waals surface area (Å²) in [4.78, 5) is 18.3. The van der Waals surface area contributed by atoms with Gasteiger partial charge in [0.1, 0.15) is 0 Å². The van der Waals surface area contributed by atoms with Crippen molar-refractivity contribution in [2.24, 2.45) is 5.73 Å². The van der Waals surface area contributed by atoms with Gasteiger partial charge in [0, 0.05) is 22.6 Å². The van der Waals surface area contributed by atoms with Gasteiger partial charge in [-0.15, -0.1) is 0 Å². The van der Waals surface area contributed by atoms with E-state index in [1.807, 2.05) is 12.3 Å². The number of piperidine rings is 1. The van der Waals surface area contributed by atoms with Gasteiger partial charge in [-0.3, -0.25) is 14.7 Å². The minimum Gasteiger partial charge on any atom is -0.368 e. The molecule has 0 unspecified atom stereocenters. The minimum absolute atomic E-state index is 0.156. The van der Waals surface area contributed by atoms with Gasteiger partial charge in [-0.1, -0.05) is 28.4 Å². The highest BCUT2D eigenvalue weighted by Crippen LogP contribution is 2.26. The molecular weight excluding hydrogens is 330 g/mol. The first kappa shape index (κ1) is 14.5. The van der Waals surface area contributed by atoms with Crippen LogP contribution in [0, 0.1) is 0 Å². The highest BCUT2D eigenvalue weighted by atomic mass is 79.9. The Kier molecular flexibility index (Phi) is 4.22. The zero-order chi connectivity index (χ0) is 14.8. The molecule has 2 aromatic rings. The van der Waals surface area contributed by atoms with E-state index in [4.69, 9.17) is 5.73 Å². The zero-order valence-corrected chi connectivity index (χ0v) is 13.3. The van der Waals surface area contributed by atoms with E-state index in [2.05, 4.69) is 44.0 Å². The number of hydrogen-bond acceptors (Lipinski definition) is 3. The molecule has 21 heavy (non-hydrogen) atoms. The van der Waals surface area contributed by atoms with Gasteiger partial charge in [0.15, 0.2) is 0 Å². The molecule has 0 saturated carbocycles. The van der Waals surface area contributed by atoms with Gasteiger partial charge in [-0.05, 0) is 43.1 Å². The van der Waals surface area contributed by atoms with Crippen molar-refractivity contribution in [3.05, 3.63) is 40.5 Å². The smallest absolute Gasteiger partial charge is 0.234 e. The number of rotatable bonds is 3. The number of pyridine rings is 1. The number of aromatic nitrogens is 1. The van der Waals surface area contributed by atoms with Crippen molar-refractivity contribution in [1.82, 2.24) is 9.88 Å². The maximum absolute atomic E-state index is 11.6. The second-order valence-corrected chi connectivity index (χ2v) is 6.44. The Morgan fingerprint density at radius 2 is 2.29 bits per heavy atom. The van der Waals surface area contributed by atoms with Crippen LogP contribution in [0.5, 0.6) is 0 Å². The molecule has 4 nitrogen and oxygen atoms in total. The maximum Gasteiger partial charge on any atom is 0.234 e. The molecule has 0 bridgehead atoms. The van der Waals surface area contributed by atoms with E-state index in [9.17, 15) is 4.79 Å². The number of benzene rings is 1. The molecule has 1 aromatic heterocycles. The SMILES string of the molecule is NC(=O)[C@H]1CCCCN1Cc1cc(Br)cc2cccnc12. The van der Waals surface area contributed by atoms with Gasteiger partial charge in [-0.25, -0.2) is 0 Å². The average Bonchev–Trinajstić information content (AvgIpc) is 2.47. The molecule has 1 aromatic carbocycles. The van der Waals surface area contributed by atoms with E-state index in [-0.39, 0.29) is 11.9 Å². The monoisotopic (exact) mass is 347 g/mol. The summed E-state index contributed by atoms with van der Waals surface area (Å²) in [7, 11) is 0. The van der Waals surface area contributed by atoms with E-state index < -0.39 is 0 Å². The highest BCUT2D eigenvalue weighted by molar-refractivity contribution is 9.10. The summed E-state index contributed by atoms with van der Waals surface area (Å²) in [5.74, 6) is -0.220. The summed E-state index contributed by atoms with van der Waals surface area (Å²) < 4.78 is 1.03. The van der Waals surface area contributed by atoms with Gasteiger partial charge >= 0.3 is 0 Å². The van der Waals surface area contributed by atoms with Crippen LogP contribution in [-0.4, -0.2) is 28.4 Å². The second kappa shape index (κ2) is 6.12. The molecule has 0 aliphatic carbocycles. The Morgan fingerprint density at radius 3 is 3.10 bits per heavy atom. The maximum atomic E-state index is 11.6. The van der Waals surface area contributed by atoms with Crippen molar-refractivity contribution >= 4 is 32.7 Å². The van der Waals surface area contributed by atoms with E-state index >= 15 is 0 Å². The highest BCUT2D eigenvalue weighted by Gasteiger charge is 2.27. The predicted molar refractivity (Wildman–Crippen MR) is 86.7 cm³/mol. The number of likely N-dealkylation sites (tertiary alicyclic amines) is 1. The van der Waals surface area contributed by atoms with Crippen LogP contribution in [-0.2, 0) is 11.3 Å². The van der Waals surface area contributed by atoms with E-state index in [0.717, 1.165) is 46.7 Å². The fourth-order valence-electron chi connectivity index (χ4n) is 3.07. The molecule has 5 heteroatoms. The van der Waals surface area contributed by atoms with Gasteiger partial charge < -0.3 is 5.73 Å². The van der Waals surface area contributed by atoms with Gasteiger partial charge in [0.25, 0.3) is 0 Å². The second-order valence-electron chi connectivity index (χ2n) is 5.52. The molecule has 1 aliphatic rings. The molecule has 1 saturated heterocycles. The van der Waals surface area contributed by atoms with Gasteiger partial charge in [0.2, 0.25) is 5.91 Å². The van der Waals surface area contributed by atoms with Crippen molar-refractivity contribution in [1.29, 1.82) is 0 Å². The van der Waals surface area contributed by atoms with E-state index in [1.54, 1.807) is 0 Å². The zero-order valence-electron chi connectivity index (χ0n) is 11.8. The number of hydrogen-bond donors (Lipinski definition) is 1. The number of fused-ring (bicyclic) bond motifs is 1. The van der Waals surface area contributed by atoms with E-state index in [0.29, 0.717) is 6.54 Å². The lowest BCUT2D eigenvalue weighted by atomic mass is 10.00. The van der Waals surface area contributed by atoms with Gasteiger partial charge in [-0.2, -0.15) is 0 Å². The fraction of sp³-hybridized carbons (Fsp3) is 0.375. The van der Waals surface area contributed by atoms with E-state index in [1.165, 1.54) is 0 Å². The predicted octanol–water partition coefficient (Wildman–Crippen LogP) is 2.84. The number of nitrogens with zero attached hydrogens (tertiary/aromatic N) is 2. The number of carbonyl (C=O) groups is 1. The first-order chi connectivity index (χ1) is 10.1. The Bertz CT molecular complexity index is 674. The number of primary amides is 1. The Balaban J connectivity index is 1.95. The molecule has 1 aliphatic heterocycles. The molecule has 2 N–H and O–H groups in total. The molecule has 3 rings (SSSR count). The molecular formula is C16H18BrN3O. The first-order valence-electron chi connectivity index (χ1n) is 7.21. The quantitative estimate of drug-likeness (QED) is 0.928. The standard InChI is InChI=1S/C16H18BrN3O/c17-13-8-11-4-3-6-19-15(11)12(9-13)10-20-7-2-1-5-14(20)16(18)21/h3-4,6,8-9,14H,1-2,5,7,10H2,(H2,18,21)/t14-/m1/s1. The number of carbonyl (C=O) groups excluding carboxylic acids is 1. The molecule has 2 heterocycles. The lowest BCUT2D eigenvalue weighted by Gasteiger charge is -2.33. The topological polar surface area (TPSA) is 59.2 Å². The third-order valence-corrected chi connectivity index (χ3v) is 4.52. The average molecular weight is 348 g/mol. The Morgan fingerprint density at radius 1 is 1.43 bits per heavy atom. The van der Waals surface area contributed by atoms with Crippen LogP contribution < -0.4 is 5.73 Å². The van der Waals surface area contributed by atoms with Crippen molar-refractivity contribution < 1.29 is 4.79 Å². The fourth-order valence-corrected chi connectivity index (χ4v) is 3.59. The molecule has 0 radical (unpaired) electrons. The van der Waals surface area contributed by atoms with Crippen LogP contribution in [0.1, 0.15) is 24.8 Å². The Labute approximate surface area is 132 Å². The van der Waals surface area contributed by atoms with Crippen LogP contribution in [0.15, 0.2) is 34.9 Å². The Hall–Kier alpha value is -1.46. The third kappa shape index (κ3) is 3.09. The summed E-state index contributed by atoms with van der Waals surface area (Å²) >= 11 is 3.55. The minimum atomic E-state index is -0.220. The molecule has 1 amide bonds. The third-order valence-electron chi connectivity index (χ3n) is 4.06. The molecule has 110 valence electrons. The summed E-state index contributed by atoms with van der Waals surface area (Å²) in [6, 6.07) is 7.98. The van der Waals surface area contributed by atoms with Crippen molar-refractivity contribution in [3.63, 3.8) is 0 Å². The number of nitrogens with two attached hydrogens (primary N) is 1. The van der Waals surface area contributed by atoms with Crippen molar-refractivity contribution in [2.75, 3.05) is 6.54 Å². The van der Waals surface area contributed by atoms with Crippen LogP contribution in [0.3, 0.4) is 0 Å². The van der Waals surface area contributed by atoms with Gasteiger partial charge in [0.05, 0.1) is 11.6 Å². The summed E-state index contributed by atoms with van der Waals surface area (Å²) in [6.45, 7) is 1.62. The lowest BCUT2D eigenvalue weighted by Crippen LogP contribution is -2.47. The summed E-state index contributed by atoms with van der Waals surface area (Å²) in [5, 5.41) is 1.11. The van der Waals surface area contributed by atoms with Crippen molar-refractivity contribution in [2.45, 2.75) is 31.8 Å².